The zero-order valence-electron chi connectivity index (χ0n) is 10.4. The Morgan fingerprint density at radius 2 is 1.89 bits per heavy atom. The lowest BCUT2D eigenvalue weighted by atomic mass is 10.3. The molecule has 0 unspecified atom stereocenters. The van der Waals surface area contributed by atoms with Crippen molar-refractivity contribution < 1.29 is 13.2 Å². The number of nitrogens with zero attached hydrogens (tertiary/aromatic N) is 2. The average molecular weight is 269 g/mol. The second kappa shape index (κ2) is 5.34. The van der Waals surface area contributed by atoms with Crippen LogP contribution in [0.5, 0.6) is 0 Å². The lowest BCUT2D eigenvalue weighted by Crippen LogP contribution is -2.13. The predicted octanol–water partition coefficient (Wildman–Crippen LogP) is 3.53. The van der Waals surface area contributed by atoms with Crippen molar-refractivity contribution in [1.29, 1.82) is 0 Å². The van der Waals surface area contributed by atoms with Gasteiger partial charge in [-0.2, -0.15) is 18.3 Å². The van der Waals surface area contributed by atoms with Gasteiger partial charge in [0.25, 0.3) is 0 Å². The van der Waals surface area contributed by atoms with Gasteiger partial charge in [0.2, 0.25) is 0 Å². The Labute approximate surface area is 109 Å². The molecule has 0 radical (unpaired) electrons. The SMILES string of the molecule is CCn1nc(CNc2ccccc2)cc1C(F)(F)F. The smallest absolute Gasteiger partial charge is 0.379 e. The van der Waals surface area contributed by atoms with Crippen molar-refractivity contribution in [2.45, 2.75) is 26.2 Å². The highest BCUT2D eigenvalue weighted by Crippen LogP contribution is 2.29. The summed E-state index contributed by atoms with van der Waals surface area (Å²) in [5, 5.41) is 6.98. The molecule has 0 fully saturated rings. The Morgan fingerprint density at radius 3 is 2.42 bits per heavy atom. The van der Waals surface area contributed by atoms with Crippen LogP contribution in [-0.4, -0.2) is 9.78 Å². The quantitative estimate of drug-likeness (QED) is 0.920. The maximum absolute atomic E-state index is 12.7. The van der Waals surface area contributed by atoms with Crippen LogP contribution in [0.4, 0.5) is 18.9 Å². The number of hydrogen-bond donors (Lipinski definition) is 1. The van der Waals surface area contributed by atoms with E-state index in [4.69, 9.17) is 0 Å². The second-order valence-electron chi connectivity index (χ2n) is 4.05. The van der Waals surface area contributed by atoms with Gasteiger partial charge in [-0.3, -0.25) is 4.68 Å². The number of aromatic nitrogens is 2. The topological polar surface area (TPSA) is 29.9 Å². The van der Waals surface area contributed by atoms with E-state index in [1.807, 2.05) is 30.3 Å². The number of alkyl halides is 3. The highest BCUT2D eigenvalue weighted by molar-refractivity contribution is 5.42. The summed E-state index contributed by atoms with van der Waals surface area (Å²) in [6.07, 6.45) is -4.37. The molecule has 0 atom stereocenters. The van der Waals surface area contributed by atoms with Gasteiger partial charge in [0.05, 0.1) is 12.2 Å². The molecule has 3 nitrogen and oxygen atoms in total. The molecule has 0 spiro atoms. The summed E-state index contributed by atoms with van der Waals surface area (Å²) >= 11 is 0. The summed E-state index contributed by atoms with van der Waals surface area (Å²) in [4.78, 5) is 0. The largest absolute Gasteiger partial charge is 0.433 e. The highest BCUT2D eigenvalue weighted by Gasteiger charge is 2.35. The third-order valence-corrected chi connectivity index (χ3v) is 2.67. The molecule has 0 aliphatic heterocycles. The van der Waals surface area contributed by atoms with E-state index in [0.717, 1.165) is 16.4 Å². The Kier molecular flexibility index (Phi) is 3.78. The van der Waals surface area contributed by atoms with E-state index in [1.165, 1.54) is 0 Å². The fourth-order valence-electron chi connectivity index (χ4n) is 1.77. The number of nitrogens with one attached hydrogen (secondary N) is 1. The molecule has 1 heterocycles. The zero-order chi connectivity index (χ0) is 13.9. The molecule has 0 saturated carbocycles. The van der Waals surface area contributed by atoms with Gasteiger partial charge in [0.1, 0.15) is 5.69 Å². The van der Waals surface area contributed by atoms with Gasteiger partial charge in [-0.1, -0.05) is 18.2 Å². The van der Waals surface area contributed by atoms with Crippen LogP contribution >= 0.6 is 0 Å². The summed E-state index contributed by atoms with van der Waals surface area (Å²) in [6.45, 7) is 2.09. The van der Waals surface area contributed by atoms with Gasteiger partial charge >= 0.3 is 6.18 Å². The molecular weight excluding hydrogens is 255 g/mol. The number of benzene rings is 1. The number of para-hydroxylation sites is 1. The zero-order valence-corrected chi connectivity index (χ0v) is 10.4. The van der Waals surface area contributed by atoms with E-state index in [1.54, 1.807) is 6.92 Å². The molecule has 0 bridgehead atoms. The van der Waals surface area contributed by atoms with Gasteiger partial charge in [0, 0.05) is 12.2 Å². The van der Waals surface area contributed by atoms with Crippen LogP contribution < -0.4 is 5.32 Å². The summed E-state index contributed by atoms with van der Waals surface area (Å²) in [7, 11) is 0. The number of anilines is 1. The van der Waals surface area contributed by atoms with E-state index in [2.05, 4.69) is 10.4 Å². The molecule has 0 aliphatic carbocycles. The number of hydrogen-bond acceptors (Lipinski definition) is 2. The van der Waals surface area contributed by atoms with Crippen molar-refractivity contribution in [2.24, 2.45) is 0 Å². The lowest BCUT2D eigenvalue weighted by Gasteiger charge is -2.07. The number of rotatable bonds is 4. The van der Waals surface area contributed by atoms with Crippen LogP contribution in [0.2, 0.25) is 0 Å². The van der Waals surface area contributed by atoms with Crippen LogP contribution in [-0.2, 0) is 19.3 Å². The molecule has 6 heteroatoms. The minimum atomic E-state index is -4.37. The number of halogens is 3. The molecule has 2 aromatic rings. The van der Waals surface area contributed by atoms with Gasteiger partial charge in [-0.15, -0.1) is 0 Å². The minimum absolute atomic E-state index is 0.195. The monoisotopic (exact) mass is 269 g/mol. The van der Waals surface area contributed by atoms with Crippen molar-refractivity contribution >= 4 is 5.69 Å². The van der Waals surface area contributed by atoms with Crippen LogP contribution in [0.1, 0.15) is 18.3 Å². The van der Waals surface area contributed by atoms with Crippen molar-refractivity contribution in [3.8, 4) is 0 Å². The predicted molar refractivity (Wildman–Crippen MR) is 66.7 cm³/mol. The molecule has 2 rings (SSSR count). The molecule has 0 saturated heterocycles. The summed E-state index contributed by atoms with van der Waals surface area (Å²) in [5.41, 5.74) is 0.514. The first-order chi connectivity index (χ1) is 9.00. The average Bonchev–Trinajstić information content (AvgIpc) is 2.81. The molecule has 0 amide bonds. The Morgan fingerprint density at radius 1 is 1.21 bits per heavy atom. The Balaban J connectivity index is 2.12. The molecule has 0 aliphatic rings. The first-order valence-electron chi connectivity index (χ1n) is 5.93. The fourth-order valence-corrected chi connectivity index (χ4v) is 1.77. The van der Waals surface area contributed by atoms with Gasteiger partial charge in [0.15, 0.2) is 0 Å². The highest BCUT2D eigenvalue weighted by atomic mass is 19.4. The van der Waals surface area contributed by atoms with Crippen molar-refractivity contribution in [2.75, 3.05) is 5.32 Å². The molecular formula is C13H14F3N3. The third kappa shape index (κ3) is 3.27. The van der Waals surface area contributed by atoms with E-state index in [-0.39, 0.29) is 13.1 Å². The minimum Gasteiger partial charge on any atom is -0.379 e. The van der Waals surface area contributed by atoms with Gasteiger partial charge in [-0.05, 0) is 25.1 Å². The second-order valence-corrected chi connectivity index (χ2v) is 4.05. The van der Waals surface area contributed by atoms with E-state index < -0.39 is 11.9 Å². The van der Waals surface area contributed by atoms with Crippen LogP contribution in [0.15, 0.2) is 36.4 Å². The van der Waals surface area contributed by atoms with Gasteiger partial charge in [-0.25, -0.2) is 0 Å². The third-order valence-electron chi connectivity index (χ3n) is 2.67. The molecule has 1 aromatic carbocycles. The van der Waals surface area contributed by atoms with Crippen LogP contribution in [0.3, 0.4) is 0 Å². The molecule has 1 aromatic heterocycles. The summed E-state index contributed by atoms with van der Waals surface area (Å²) < 4.78 is 39.2. The van der Waals surface area contributed by atoms with E-state index in [0.29, 0.717) is 5.69 Å². The first-order valence-corrected chi connectivity index (χ1v) is 5.93. The lowest BCUT2D eigenvalue weighted by molar-refractivity contribution is -0.144. The normalized spacial score (nSPS) is 11.6. The van der Waals surface area contributed by atoms with Gasteiger partial charge < -0.3 is 5.32 Å². The summed E-state index contributed by atoms with van der Waals surface area (Å²) in [6, 6.07) is 10.4. The first kappa shape index (κ1) is 13.5. The maximum Gasteiger partial charge on any atom is 0.433 e. The molecule has 1 N–H and O–H groups in total. The fraction of sp³-hybridized carbons (Fsp3) is 0.308. The van der Waals surface area contributed by atoms with Crippen LogP contribution in [0, 0.1) is 0 Å². The van der Waals surface area contributed by atoms with Crippen molar-refractivity contribution in [3.63, 3.8) is 0 Å². The van der Waals surface area contributed by atoms with Crippen molar-refractivity contribution in [3.05, 3.63) is 47.8 Å². The molecule has 19 heavy (non-hydrogen) atoms. The summed E-state index contributed by atoms with van der Waals surface area (Å²) in [5.74, 6) is 0. The number of aryl methyl sites for hydroxylation is 1. The van der Waals surface area contributed by atoms with Crippen molar-refractivity contribution in [1.82, 2.24) is 9.78 Å². The molecule has 102 valence electrons. The van der Waals surface area contributed by atoms with E-state index in [9.17, 15) is 13.2 Å². The Hall–Kier alpha value is -1.98. The van der Waals surface area contributed by atoms with Crippen LogP contribution in [0.25, 0.3) is 0 Å². The Bertz CT molecular complexity index is 532. The van der Waals surface area contributed by atoms with E-state index >= 15 is 0 Å². The standard InChI is InChI=1S/C13H14F3N3/c1-2-19-12(13(14,15)16)8-11(18-19)9-17-10-6-4-3-5-7-10/h3-8,17H,2,9H2,1H3. The maximum atomic E-state index is 12.7.